The highest BCUT2D eigenvalue weighted by molar-refractivity contribution is 5.94. The van der Waals surface area contributed by atoms with Gasteiger partial charge in [-0.2, -0.15) is 5.10 Å². The van der Waals surface area contributed by atoms with E-state index in [1.165, 1.54) is 10.7 Å². The Labute approximate surface area is 187 Å². The molecule has 0 saturated heterocycles. The lowest BCUT2D eigenvalue weighted by Gasteiger charge is -2.13. The zero-order valence-electron chi connectivity index (χ0n) is 17.5. The summed E-state index contributed by atoms with van der Waals surface area (Å²) in [4.78, 5) is 12.8. The zero-order chi connectivity index (χ0) is 22.9. The van der Waals surface area contributed by atoms with Crippen molar-refractivity contribution in [1.29, 1.82) is 0 Å². The number of fused-ring (bicyclic) bond motifs is 2. The number of aromatic nitrogens is 2. The topological polar surface area (TPSA) is 94.8 Å². The van der Waals surface area contributed by atoms with E-state index in [2.05, 4.69) is 10.4 Å². The van der Waals surface area contributed by atoms with Gasteiger partial charge in [0.1, 0.15) is 18.5 Å². The van der Waals surface area contributed by atoms with Crippen LogP contribution in [-0.4, -0.2) is 46.8 Å². The largest absolute Gasteiger partial charge is 0.491 e. The van der Waals surface area contributed by atoms with Crippen molar-refractivity contribution >= 4 is 5.91 Å². The molecule has 2 heterocycles. The molecule has 10 heteroatoms. The molecule has 0 radical (unpaired) electrons. The maximum absolute atomic E-state index is 13.7. The molecule has 0 saturated carbocycles. The van der Waals surface area contributed by atoms with Crippen LogP contribution in [0.2, 0.25) is 0 Å². The molecule has 1 aliphatic heterocycles. The molecule has 172 valence electrons. The maximum Gasteiger partial charge on any atom is 0.272 e. The van der Waals surface area contributed by atoms with Crippen molar-refractivity contribution in [3.8, 4) is 22.9 Å². The molecular weight excluding hydrogens is 436 g/mol. The normalized spacial score (nSPS) is 14.8. The lowest BCUT2D eigenvalue weighted by atomic mass is 10.2. The smallest absolute Gasteiger partial charge is 0.272 e. The van der Waals surface area contributed by atoms with E-state index in [9.17, 15) is 18.7 Å². The van der Waals surface area contributed by atoms with Crippen molar-refractivity contribution in [1.82, 2.24) is 15.1 Å². The van der Waals surface area contributed by atoms with Crippen LogP contribution in [0.1, 0.15) is 28.2 Å². The van der Waals surface area contributed by atoms with Crippen molar-refractivity contribution < 1.29 is 32.9 Å². The lowest BCUT2D eigenvalue weighted by molar-refractivity contribution is 0.0838. The minimum absolute atomic E-state index is 0.0403. The molecule has 3 aromatic rings. The average molecular weight is 457 g/mol. The lowest BCUT2D eigenvalue weighted by Crippen LogP contribution is -2.35. The van der Waals surface area contributed by atoms with Crippen LogP contribution in [0, 0.1) is 11.6 Å². The summed E-state index contributed by atoms with van der Waals surface area (Å²) >= 11 is 0. The number of nitrogens with one attached hydrogen (secondary N) is 1. The first-order valence-electron chi connectivity index (χ1n) is 10.5. The van der Waals surface area contributed by atoms with Crippen LogP contribution in [0.15, 0.2) is 36.4 Å². The second-order valence-electron chi connectivity index (χ2n) is 7.83. The number of carbonyl (C=O) groups excluding carboxylic acids is 1. The number of ether oxygens (including phenoxy) is 3. The quantitative estimate of drug-likeness (QED) is 0.566. The predicted octanol–water partition coefficient (Wildman–Crippen LogP) is 2.54. The van der Waals surface area contributed by atoms with E-state index in [-0.39, 0.29) is 25.6 Å². The fraction of sp³-hybridized carbons (Fsp3) is 0.304. The third kappa shape index (κ3) is 4.21. The van der Waals surface area contributed by atoms with Gasteiger partial charge >= 0.3 is 0 Å². The van der Waals surface area contributed by atoms with Crippen molar-refractivity contribution in [3.63, 3.8) is 0 Å². The summed E-state index contributed by atoms with van der Waals surface area (Å²) in [5.41, 5.74) is 2.15. The number of benzene rings is 2. The van der Waals surface area contributed by atoms with Gasteiger partial charge in [-0.3, -0.25) is 4.79 Å². The summed E-state index contributed by atoms with van der Waals surface area (Å²) in [7, 11) is 0. The van der Waals surface area contributed by atoms with Crippen LogP contribution in [0.4, 0.5) is 8.78 Å². The molecule has 0 spiro atoms. The van der Waals surface area contributed by atoms with Crippen LogP contribution in [-0.2, 0) is 12.8 Å². The summed E-state index contributed by atoms with van der Waals surface area (Å²) in [5.74, 6) is -0.667. The second-order valence-corrected chi connectivity index (χ2v) is 7.83. The van der Waals surface area contributed by atoms with Gasteiger partial charge in [0.25, 0.3) is 5.91 Å². The third-order valence-electron chi connectivity index (χ3n) is 5.58. The molecule has 0 bridgehead atoms. The van der Waals surface area contributed by atoms with E-state index in [0.29, 0.717) is 35.8 Å². The number of halogens is 2. The molecule has 1 atom stereocenters. The Balaban J connectivity index is 1.22. The Bertz CT molecular complexity index is 1210. The van der Waals surface area contributed by atoms with Gasteiger partial charge in [0.15, 0.2) is 28.8 Å². The van der Waals surface area contributed by atoms with Crippen LogP contribution < -0.4 is 19.5 Å². The number of aliphatic hydroxyl groups is 1. The van der Waals surface area contributed by atoms with E-state index in [1.807, 2.05) is 0 Å². The van der Waals surface area contributed by atoms with Crippen LogP contribution in [0.25, 0.3) is 5.69 Å². The van der Waals surface area contributed by atoms with Gasteiger partial charge in [0.05, 0.1) is 5.69 Å². The Morgan fingerprint density at radius 3 is 2.85 bits per heavy atom. The number of amides is 1. The van der Waals surface area contributed by atoms with E-state index in [4.69, 9.17) is 14.2 Å². The zero-order valence-corrected chi connectivity index (χ0v) is 17.5. The van der Waals surface area contributed by atoms with Gasteiger partial charge < -0.3 is 24.6 Å². The van der Waals surface area contributed by atoms with Crippen molar-refractivity contribution in [2.45, 2.75) is 25.4 Å². The van der Waals surface area contributed by atoms with E-state index < -0.39 is 23.6 Å². The van der Waals surface area contributed by atoms with E-state index >= 15 is 0 Å². The highest BCUT2D eigenvalue weighted by Gasteiger charge is 2.27. The standard InChI is InChI=1S/C23H21F2N3O5/c24-17-6-4-13(8-18(17)25)28-19-3-1-2-16(19)22(27-28)23(30)26-10-14(29)11-31-15-5-7-20-21(9-15)33-12-32-20/h4-9,14,29H,1-3,10-12H2,(H,26,30). The molecule has 1 amide bonds. The summed E-state index contributed by atoms with van der Waals surface area (Å²) in [5, 5.41) is 17.3. The number of hydrogen-bond donors (Lipinski definition) is 2. The van der Waals surface area contributed by atoms with E-state index in [1.54, 1.807) is 18.2 Å². The molecule has 33 heavy (non-hydrogen) atoms. The molecule has 1 aromatic heterocycles. The summed E-state index contributed by atoms with van der Waals surface area (Å²) in [6.07, 6.45) is 1.22. The first-order chi connectivity index (χ1) is 16.0. The fourth-order valence-electron chi connectivity index (χ4n) is 3.96. The minimum Gasteiger partial charge on any atom is -0.491 e. The minimum atomic E-state index is -0.980. The third-order valence-corrected chi connectivity index (χ3v) is 5.58. The number of nitrogens with zero attached hydrogens (tertiary/aromatic N) is 2. The van der Waals surface area contributed by atoms with Crippen LogP contribution in [0.5, 0.6) is 17.2 Å². The molecule has 1 aliphatic carbocycles. The van der Waals surface area contributed by atoms with Gasteiger partial charge in [0, 0.05) is 29.9 Å². The van der Waals surface area contributed by atoms with Gasteiger partial charge in [-0.15, -0.1) is 0 Å². The first kappa shape index (κ1) is 21.2. The SMILES string of the molecule is O=C(NCC(O)COc1ccc2c(c1)OCO2)c1nn(-c2ccc(F)c(F)c2)c2c1CCC2. The van der Waals surface area contributed by atoms with Crippen molar-refractivity contribution in [3.05, 3.63) is 65.0 Å². The fourth-order valence-corrected chi connectivity index (χ4v) is 3.96. The van der Waals surface area contributed by atoms with Crippen LogP contribution >= 0.6 is 0 Å². The molecule has 0 fully saturated rings. The summed E-state index contributed by atoms with van der Waals surface area (Å²) in [6, 6.07) is 8.59. The van der Waals surface area contributed by atoms with Gasteiger partial charge in [-0.05, 0) is 43.5 Å². The molecule has 1 unspecified atom stereocenters. The molecule has 8 nitrogen and oxygen atoms in total. The number of hydrogen-bond acceptors (Lipinski definition) is 6. The van der Waals surface area contributed by atoms with Gasteiger partial charge in [0.2, 0.25) is 6.79 Å². The molecule has 2 N–H and O–H groups in total. The Hall–Kier alpha value is -3.66. The highest BCUT2D eigenvalue weighted by Crippen LogP contribution is 2.35. The Morgan fingerprint density at radius 1 is 1.15 bits per heavy atom. The molecule has 5 rings (SSSR count). The van der Waals surface area contributed by atoms with Crippen LogP contribution in [0.3, 0.4) is 0 Å². The maximum atomic E-state index is 13.7. The Kier molecular flexibility index (Phi) is 5.59. The summed E-state index contributed by atoms with van der Waals surface area (Å²) in [6.45, 7) is 0.0700. The van der Waals surface area contributed by atoms with Crippen molar-refractivity contribution in [2.24, 2.45) is 0 Å². The first-order valence-corrected chi connectivity index (χ1v) is 10.5. The number of rotatable bonds is 7. The van der Waals surface area contributed by atoms with E-state index in [0.717, 1.165) is 29.8 Å². The van der Waals surface area contributed by atoms with Gasteiger partial charge in [-0.1, -0.05) is 0 Å². The number of aliphatic hydroxyl groups excluding tert-OH is 1. The summed E-state index contributed by atoms with van der Waals surface area (Å²) < 4.78 is 44.6. The average Bonchev–Trinajstić information content (AvgIpc) is 3.54. The predicted molar refractivity (Wildman–Crippen MR) is 112 cm³/mol. The molecule has 2 aromatic carbocycles. The Morgan fingerprint density at radius 2 is 2.00 bits per heavy atom. The van der Waals surface area contributed by atoms with Crippen molar-refractivity contribution in [2.75, 3.05) is 19.9 Å². The molecule has 2 aliphatic rings. The number of carbonyl (C=O) groups is 1. The monoisotopic (exact) mass is 457 g/mol. The molecular formula is C23H21F2N3O5. The second kappa shape index (κ2) is 8.70. The van der Waals surface area contributed by atoms with Gasteiger partial charge in [-0.25, -0.2) is 13.5 Å². The highest BCUT2D eigenvalue weighted by atomic mass is 19.2.